The first-order chi connectivity index (χ1) is 10.1. The number of halogens is 1. The SMILES string of the molecule is CCCc1nnsc1C(NCC)c1c(Cl)cnn1C(C)C. The van der Waals surface area contributed by atoms with Gasteiger partial charge in [0.25, 0.3) is 0 Å². The Morgan fingerprint density at radius 1 is 1.38 bits per heavy atom. The smallest absolute Gasteiger partial charge is 0.0892 e. The van der Waals surface area contributed by atoms with Gasteiger partial charge in [0, 0.05) is 6.04 Å². The quantitative estimate of drug-likeness (QED) is 0.843. The van der Waals surface area contributed by atoms with Crippen LogP contribution in [0.2, 0.25) is 5.02 Å². The summed E-state index contributed by atoms with van der Waals surface area (Å²) in [5.41, 5.74) is 2.05. The van der Waals surface area contributed by atoms with Crippen molar-refractivity contribution in [3.8, 4) is 0 Å². The van der Waals surface area contributed by atoms with Crippen molar-refractivity contribution in [2.75, 3.05) is 6.54 Å². The Morgan fingerprint density at radius 3 is 2.76 bits per heavy atom. The van der Waals surface area contributed by atoms with E-state index in [1.165, 1.54) is 11.5 Å². The molecule has 0 aliphatic heterocycles. The minimum Gasteiger partial charge on any atom is -0.304 e. The van der Waals surface area contributed by atoms with E-state index in [1.807, 2.05) is 4.68 Å². The predicted octanol–water partition coefficient (Wildman–Crippen LogP) is 3.62. The fourth-order valence-electron chi connectivity index (χ4n) is 2.39. The molecule has 1 atom stereocenters. The first-order valence-electron chi connectivity index (χ1n) is 7.37. The van der Waals surface area contributed by atoms with E-state index in [9.17, 15) is 0 Å². The van der Waals surface area contributed by atoms with E-state index in [-0.39, 0.29) is 12.1 Å². The number of nitrogens with zero attached hydrogens (tertiary/aromatic N) is 4. The van der Waals surface area contributed by atoms with E-state index < -0.39 is 0 Å². The molecule has 2 heterocycles. The van der Waals surface area contributed by atoms with E-state index in [2.05, 4.69) is 47.7 Å². The van der Waals surface area contributed by atoms with E-state index in [0.29, 0.717) is 5.02 Å². The number of nitrogens with one attached hydrogen (secondary N) is 1. The summed E-state index contributed by atoms with van der Waals surface area (Å²) in [5, 5.41) is 12.9. The molecule has 0 fully saturated rings. The molecule has 7 heteroatoms. The molecule has 0 saturated heterocycles. The summed E-state index contributed by atoms with van der Waals surface area (Å²) in [7, 11) is 0. The monoisotopic (exact) mass is 327 g/mol. The number of aromatic nitrogens is 4. The van der Waals surface area contributed by atoms with Crippen molar-refractivity contribution in [3.63, 3.8) is 0 Å². The molecule has 2 aromatic rings. The maximum Gasteiger partial charge on any atom is 0.0892 e. The number of rotatable bonds is 7. The van der Waals surface area contributed by atoms with Gasteiger partial charge in [0.1, 0.15) is 0 Å². The molecule has 0 aliphatic carbocycles. The van der Waals surface area contributed by atoms with Gasteiger partial charge in [-0.1, -0.05) is 36.4 Å². The minimum absolute atomic E-state index is 0.00560. The van der Waals surface area contributed by atoms with Gasteiger partial charge in [0.2, 0.25) is 0 Å². The second-order valence-corrected chi connectivity index (χ2v) is 6.43. The first kappa shape index (κ1) is 16.4. The van der Waals surface area contributed by atoms with Gasteiger partial charge in [-0.05, 0) is 38.3 Å². The highest BCUT2D eigenvalue weighted by molar-refractivity contribution is 7.05. The zero-order valence-corrected chi connectivity index (χ0v) is 14.5. The Kier molecular flexibility index (Phi) is 5.72. The Morgan fingerprint density at radius 2 is 2.14 bits per heavy atom. The van der Waals surface area contributed by atoms with Crippen molar-refractivity contribution in [1.29, 1.82) is 0 Å². The number of hydrogen-bond acceptors (Lipinski definition) is 5. The zero-order valence-electron chi connectivity index (χ0n) is 12.9. The van der Waals surface area contributed by atoms with Crippen molar-refractivity contribution < 1.29 is 0 Å². The van der Waals surface area contributed by atoms with E-state index in [0.717, 1.165) is 35.7 Å². The third kappa shape index (κ3) is 3.44. The van der Waals surface area contributed by atoms with Crippen molar-refractivity contribution in [1.82, 2.24) is 24.7 Å². The molecule has 0 bridgehead atoms. The highest BCUT2D eigenvalue weighted by Gasteiger charge is 2.26. The molecular weight excluding hydrogens is 306 g/mol. The van der Waals surface area contributed by atoms with Crippen LogP contribution in [0.5, 0.6) is 0 Å². The molecule has 116 valence electrons. The van der Waals surface area contributed by atoms with E-state index >= 15 is 0 Å². The van der Waals surface area contributed by atoms with Crippen LogP contribution in [-0.4, -0.2) is 25.9 Å². The van der Waals surface area contributed by atoms with Crippen molar-refractivity contribution in [3.05, 3.63) is 27.5 Å². The van der Waals surface area contributed by atoms with Crippen molar-refractivity contribution in [2.45, 2.75) is 52.6 Å². The lowest BCUT2D eigenvalue weighted by Crippen LogP contribution is -2.26. The number of aryl methyl sites for hydroxylation is 1. The van der Waals surface area contributed by atoms with E-state index in [1.54, 1.807) is 6.20 Å². The van der Waals surface area contributed by atoms with Gasteiger partial charge in [-0.15, -0.1) is 5.10 Å². The van der Waals surface area contributed by atoms with E-state index in [4.69, 9.17) is 11.6 Å². The van der Waals surface area contributed by atoms with Crippen LogP contribution in [0.4, 0.5) is 0 Å². The molecule has 2 rings (SSSR count). The van der Waals surface area contributed by atoms with Crippen LogP contribution >= 0.6 is 23.1 Å². The summed E-state index contributed by atoms with van der Waals surface area (Å²) in [4.78, 5) is 1.14. The summed E-state index contributed by atoms with van der Waals surface area (Å²) >= 11 is 7.85. The van der Waals surface area contributed by atoms with Gasteiger partial charge in [-0.25, -0.2) is 0 Å². The van der Waals surface area contributed by atoms with Crippen molar-refractivity contribution >= 4 is 23.1 Å². The zero-order chi connectivity index (χ0) is 15.4. The standard InChI is InChI=1S/C14H22ClN5S/c1-5-7-11-14(21-19-18-11)12(16-6-2)13-10(15)8-17-20(13)9(3)4/h8-9,12,16H,5-7H2,1-4H3. The molecule has 0 aromatic carbocycles. The average molecular weight is 328 g/mol. The highest BCUT2D eigenvalue weighted by atomic mass is 35.5. The fraction of sp³-hybridized carbons (Fsp3) is 0.643. The number of hydrogen-bond donors (Lipinski definition) is 1. The molecule has 0 spiro atoms. The van der Waals surface area contributed by atoms with Gasteiger partial charge in [-0.3, -0.25) is 4.68 Å². The van der Waals surface area contributed by atoms with Gasteiger partial charge in [0.05, 0.1) is 33.5 Å². The first-order valence-corrected chi connectivity index (χ1v) is 8.52. The van der Waals surface area contributed by atoms with Gasteiger partial charge in [-0.2, -0.15) is 5.10 Å². The lowest BCUT2D eigenvalue weighted by Gasteiger charge is -2.21. The molecular formula is C14H22ClN5S. The second-order valence-electron chi connectivity index (χ2n) is 5.24. The van der Waals surface area contributed by atoms with Crippen LogP contribution in [0.25, 0.3) is 0 Å². The summed E-state index contributed by atoms with van der Waals surface area (Å²) in [6, 6.07) is 0.248. The lowest BCUT2D eigenvalue weighted by atomic mass is 10.1. The van der Waals surface area contributed by atoms with Crippen LogP contribution < -0.4 is 5.32 Å². The Bertz CT molecular complexity index is 578. The maximum absolute atomic E-state index is 6.41. The lowest BCUT2D eigenvalue weighted by molar-refractivity contribution is 0.477. The Labute approximate surface area is 134 Å². The third-order valence-corrected chi connectivity index (χ3v) is 4.41. The maximum atomic E-state index is 6.41. The molecule has 1 N–H and O–H groups in total. The van der Waals surface area contributed by atoms with Crippen LogP contribution in [0.3, 0.4) is 0 Å². The molecule has 0 saturated carbocycles. The van der Waals surface area contributed by atoms with Gasteiger partial charge >= 0.3 is 0 Å². The van der Waals surface area contributed by atoms with Gasteiger partial charge in [0.15, 0.2) is 0 Å². The third-order valence-electron chi connectivity index (χ3n) is 3.29. The largest absolute Gasteiger partial charge is 0.304 e. The normalized spacial score (nSPS) is 13.0. The second kappa shape index (κ2) is 7.33. The Balaban J connectivity index is 2.48. The van der Waals surface area contributed by atoms with Crippen LogP contribution in [0, 0.1) is 0 Å². The van der Waals surface area contributed by atoms with Crippen LogP contribution in [0.15, 0.2) is 6.20 Å². The summed E-state index contributed by atoms with van der Waals surface area (Å²) < 4.78 is 6.11. The average Bonchev–Trinajstić information content (AvgIpc) is 3.04. The van der Waals surface area contributed by atoms with Crippen LogP contribution in [0.1, 0.15) is 62.5 Å². The molecule has 0 radical (unpaired) electrons. The topological polar surface area (TPSA) is 55.6 Å². The fourth-order valence-corrected chi connectivity index (χ4v) is 3.41. The molecule has 0 aliphatic rings. The summed E-state index contributed by atoms with van der Waals surface area (Å²) in [6.45, 7) is 9.29. The molecule has 0 amide bonds. The molecule has 2 aromatic heterocycles. The van der Waals surface area contributed by atoms with Crippen LogP contribution in [-0.2, 0) is 6.42 Å². The summed E-state index contributed by atoms with van der Waals surface area (Å²) in [6.07, 6.45) is 3.70. The molecule has 21 heavy (non-hydrogen) atoms. The predicted molar refractivity (Wildman–Crippen MR) is 87.0 cm³/mol. The Hall–Kier alpha value is -0.980. The molecule has 5 nitrogen and oxygen atoms in total. The van der Waals surface area contributed by atoms with Gasteiger partial charge < -0.3 is 5.32 Å². The minimum atomic E-state index is -0.00560. The summed E-state index contributed by atoms with van der Waals surface area (Å²) in [5.74, 6) is 0. The molecule has 1 unspecified atom stereocenters. The highest BCUT2D eigenvalue weighted by Crippen LogP contribution is 2.33. The van der Waals surface area contributed by atoms with Crippen molar-refractivity contribution in [2.24, 2.45) is 0 Å².